The number of benzene rings is 2. The number of rotatable bonds is 5. The molecule has 2 amide bonds. The second kappa shape index (κ2) is 8.60. The summed E-state index contributed by atoms with van der Waals surface area (Å²) in [5.41, 5.74) is 2.68. The molecule has 3 rings (SSSR count). The molecular formula is C23H28N2O4S. The number of nitrogens with zero attached hydrogens (tertiary/aromatic N) is 1. The van der Waals surface area contributed by atoms with Gasteiger partial charge in [0.1, 0.15) is 0 Å². The van der Waals surface area contributed by atoms with Crippen molar-refractivity contribution < 1.29 is 18.0 Å². The van der Waals surface area contributed by atoms with Crippen molar-refractivity contribution >= 4 is 21.7 Å². The van der Waals surface area contributed by atoms with E-state index in [4.69, 9.17) is 0 Å². The molecule has 160 valence electrons. The summed E-state index contributed by atoms with van der Waals surface area (Å²) in [5.74, 6) is -1.62. The monoisotopic (exact) mass is 428 g/mol. The molecule has 2 aromatic carbocycles. The van der Waals surface area contributed by atoms with Crippen molar-refractivity contribution in [2.45, 2.75) is 44.2 Å². The van der Waals surface area contributed by atoms with Crippen molar-refractivity contribution in [2.24, 2.45) is 5.92 Å². The Kier molecular flexibility index (Phi) is 6.31. The third kappa shape index (κ3) is 4.26. The van der Waals surface area contributed by atoms with Crippen molar-refractivity contribution in [3.63, 3.8) is 0 Å². The van der Waals surface area contributed by atoms with Crippen LogP contribution < -0.4 is 5.32 Å². The lowest BCUT2D eigenvalue weighted by Crippen LogP contribution is -2.45. The molecule has 30 heavy (non-hydrogen) atoms. The maximum Gasteiger partial charge on any atom is 0.312 e. The van der Waals surface area contributed by atoms with Crippen LogP contribution in [0.15, 0.2) is 53.4 Å². The molecule has 2 aromatic rings. The highest BCUT2D eigenvalue weighted by Crippen LogP contribution is 2.36. The van der Waals surface area contributed by atoms with Crippen LogP contribution in [0.5, 0.6) is 0 Å². The van der Waals surface area contributed by atoms with Gasteiger partial charge in [0.25, 0.3) is 0 Å². The first-order valence-corrected chi connectivity index (χ1v) is 11.8. The maximum absolute atomic E-state index is 12.9. The molecule has 0 bridgehead atoms. The van der Waals surface area contributed by atoms with Crippen LogP contribution in [0.4, 0.5) is 0 Å². The summed E-state index contributed by atoms with van der Waals surface area (Å²) in [5, 5.41) is 2.84. The average molecular weight is 429 g/mol. The fraction of sp³-hybridized carbons (Fsp3) is 0.391. The van der Waals surface area contributed by atoms with Gasteiger partial charge in [0.05, 0.1) is 22.7 Å². The van der Waals surface area contributed by atoms with E-state index in [0.29, 0.717) is 5.56 Å². The van der Waals surface area contributed by atoms with Crippen LogP contribution in [0.3, 0.4) is 0 Å². The number of hydrogen-bond acceptors (Lipinski definition) is 4. The minimum Gasteiger partial charge on any atom is -0.341 e. The molecule has 0 saturated heterocycles. The Hall–Kier alpha value is -2.67. The van der Waals surface area contributed by atoms with E-state index in [1.54, 1.807) is 18.2 Å². The van der Waals surface area contributed by atoms with Gasteiger partial charge in [-0.1, -0.05) is 63.2 Å². The molecular weight excluding hydrogens is 400 g/mol. The van der Waals surface area contributed by atoms with E-state index in [1.165, 1.54) is 23.6 Å². The number of amides is 2. The summed E-state index contributed by atoms with van der Waals surface area (Å²) in [6.07, 6.45) is 0.925. The van der Waals surface area contributed by atoms with Gasteiger partial charge < -0.3 is 10.2 Å². The Balaban J connectivity index is 1.78. The van der Waals surface area contributed by atoms with Gasteiger partial charge in [-0.3, -0.25) is 9.59 Å². The minimum absolute atomic E-state index is 0.0760. The first-order chi connectivity index (χ1) is 14.2. The molecule has 0 fully saturated rings. The Morgan fingerprint density at radius 1 is 1.10 bits per heavy atom. The third-order valence-corrected chi connectivity index (χ3v) is 7.47. The largest absolute Gasteiger partial charge is 0.341 e. The summed E-state index contributed by atoms with van der Waals surface area (Å²) in [4.78, 5) is 27.1. The number of carbonyl (C=O) groups is 2. The van der Waals surface area contributed by atoms with E-state index in [9.17, 15) is 18.0 Å². The SMILES string of the molecule is CCc1ccc(C(NC(=O)C(=O)N(C)C2CS(=O)(=O)c3ccccc32)C(C)C)cc1. The Morgan fingerprint density at radius 2 is 1.73 bits per heavy atom. The van der Waals surface area contributed by atoms with Crippen LogP contribution in [0.2, 0.25) is 0 Å². The van der Waals surface area contributed by atoms with Crippen molar-refractivity contribution in [1.29, 1.82) is 0 Å². The smallest absolute Gasteiger partial charge is 0.312 e. The van der Waals surface area contributed by atoms with Gasteiger partial charge >= 0.3 is 11.8 Å². The van der Waals surface area contributed by atoms with E-state index in [-0.39, 0.29) is 22.6 Å². The molecule has 0 spiro atoms. The number of nitrogens with one attached hydrogen (secondary N) is 1. The van der Waals surface area contributed by atoms with Gasteiger partial charge in [-0.05, 0) is 35.1 Å². The van der Waals surface area contributed by atoms with Gasteiger partial charge in [-0.2, -0.15) is 0 Å². The standard InChI is InChI=1S/C23H28N2O4S/c1-5-16-10-12-17(13-11-16)21(15(2)3)24-22(26)23(27)25(4)19-14-30(28,29)20-9-7-6-8-18(19)20/h6-13,15,19,21H,5,14H2,1-4H3,(H,24,26). The second-order valence-electron chi connectivity index (χ2n) is 8.04. The Morgan fingerprint density at radius 3 is 2.33 bits per heavy atom. The maximum atomic E-state index is 12.9. The Labute approximate surface area is 178 Å². The highest BCUT2D eigenvalue weighted by molar-refractivity contribution is 7.91. The molecule has 0 radical (unpaired) electrons. The van der Waals surface area contributed by atoms with E-state index in [2.05, 4.69) is 12.2 Å². The summed E-state index contributed by atoms with van der Waals surface area (Å²) in [7, 11) is -1.99. The zero-order chi connectivity index (χ0) is 22.1. The van der Waals surface area contributed by atoms with Gasteiger partial charge in [-0.25, -0.2) is 8.42 Å². The summed E-state index contributed by atoms with van der Waals surface area (Å²) in [6.45, 7) is 6.03. The first-order valence-electron chi connectivity index (χ1n) is 10.1. The van der Waals surface area contributed by atoms with Crippen molar-refractivity contribution in [2.75, 3.05) is 12.8 Å². The number of likely N-dealkylation sites (N-methyl/N-ethyl adjacent to an activating group) is 1. The lowest BCUT2D eigenvalue weighted by Gasteiger charge is -2.27. The molecule has 2 atom stereocenters. The zero-order valence-corrected chi connectivity index (χ0v) is 18.6. The van der Waals surface area contributed by atoms with Crippen LogP contribution in [0.25, 0.3) is 0 Å². The number of aryl methyl sites for hydroxylation is 1. The van der Waals surface area contributed by atoms with E-state index >= 15 is 0 Å². The van der Waals surface area contributed by atoms with Crippen LogP contribution in [-0.2, 0) is 25.8 Å². The average Bonchev–Trinajstić information content (AvgIpc) is 3.02. The third-order valence-electron chi connectivity index (χ3n) is 5.67. The highest BCUT2D eigenvalue weighted by atomic mass is 32.2. The van der Waals surface area contributed by atoms with Gasteiger partial charge in [0, 0.05) is 7.05 Å². The van der Waals surface area contributed by atoms with Crippen LogP contribution in [-0.4, -0.2) is 37.9 Å². The van der Waals surface area contributed by atoms with Crippen LogP contribution >= 0.6 is 0 Å². The molecule has 1 heterocycles. The first kappa shape index (κ1) is 22.0. The normalized spacial score (nSPS) is 18.0. The fourth-order valence-electron chi connectivity index (χ4n) is 3.85. The lowest BCUT2D eigenvalue weighted by atomic mass is 9.94. The van der Waals surface area contributed by atoms with E-state index in [1.807, 2.05) is 38.1 Å². The summed E-state index contributed by atoms with van der Waals surface area (Å²) < 4.78 is 24.9. The van der Waals surface area contributed by atoms with E-state index < -0.39 is 27.7 Å². The van der Waals surface area contributed by atoms with Crippen LogP contribution in [0, 0.1) is 5.92 Å². The number of carbonyl (C=O) groups excluding carboxylic acids is 2. The zero-order valence-electron chi connectivity index (χ0n) is 17.8. The van der Waals surface area contributed by atoms with Crippen molar-refractivity contribution in [3.05, 3.63) is 65.2 Å². The van der Waals surface area contributed by atoms with Gasteiger partial charge in [-0.15, -0.1) is 0 Å². The molecule has 6 nitrogen and oxygen atoms in total. The Bertz CT molecular complexity index is 1050. The predicted octanol–water partition coefficient (Wildman–Crippen LogP) is 3.05. The number of sulfone groups is 1. The number of fused-ring (bicyclic) bond motifs is 1. The van der Waals surface area contributed by atoms with Gasteiger partial charge in [0.15, 0.2) is 9.84 Å². The molecule has 0 saturated carbocycles. The lowest BCUT2D eigenvalue weighted by molar-refractivity contribution is -0.146. The van der Waals surface area contributed by atoms with E-state index in [0.717, 1.165) is 12.0 Å². The molecule has 1 N–H and O–H groups in total. The van der Waals surface area contributed by atoms with Crippen LogP contribution in [0.1, 0.15) is 49.5 Å². The summed E-state index contributed by atoms with van der Waals surface area (Å²) in [6, 6.07) is 13.6. The predicted molar refractivity (Wildman–Crippen MR) is 116 cm³/mol. The number of hydrogen-bond donors (Lipinski definition) is 1. The second-order valence-corrected chi connectivity index (χ2v) is 10.0. The molecule has 1 aliphatic rings. The molecule has 7 heteroatoms. The minimum atomic E-state index is -3.47. The molecule has 2 unspecified atom stereocenters. The topological polar surface area (TPSA) is 83.6 Å². The molecule has 1 aliphatic heterocycles. The fourth-order valence-corrected chi connectivity index (χ4v) is 5.69. The van der Waals surface area contributed by atoms with Gasteiger partial charge in [0.2, 0.25) is 0 Å². The highest BCUT2D eigenvalue weighted by Gasteiger charge is 2.39. The quantitative estimate of drug-likeness (QED) is 0.742. The van der Waals surface area contributed by atoms with Crippen molar-refractivity contribution in [3.8, 4) is 0 Å². The molecule has 0 aliphatic carbocycles. The molecule has 0 aromatic heterocycles. The van der Waals surface area contributed by atoms with Crippen molar-refractivity contribution in [1.82, 2.24) is 10.2 Å². The summed E-state index contributed by atoms with van der Waals surface area (Å²) >= 11 is 0.